The first-order valence-corrected chi connectivity index (χ1v) is 7.76. The molecule has 3 N–H and O–H groups in total. The van der Waals surface area contributed by atoms with Crippen LogP contribution in [0.3, 0.4) is 0 Å². The van der Waals surface area contributed by atoms with Crippen molar-refractivity contribution in [2.45, 2.75) is 38.6 Å². The molecule has 5 nitrogen and oxygen atoms in total. The van der Waals surface area contributed by atoms with E-state index in [1.807, 2.05) is 31.2 Å². The van der Waals surface area contributed by atoms with Crippen molar-refractivity contribution in [3.63, 3.8) is 0 Å². The van der Waals surface area contributed by atoms with Crippen LogP contribution in [0, 0.1) is 12.8 Å². The summed E-state index contributed by atoms with van der Waals surface area (Å²) in [5, 5.41) is 3.00. The van der Waals surface area contributed by atoms with Crippen LogP contribution in [0.25, 0.3) is 0 Å². The molecular formula is C17H24N2O3. The summed E-state index contributed by atoms with van der Waals surface area (Å²) >= 11 is 0. The molecule has 1 fully saturated rings. The summed E-state index contributed by atoms with van der Waals surface area (Å²) in [5.74, 6) is -0.193. The van der Waals surface area contributed by atoms with E-state index < -0.39 is 0 Å². The summed E-state index contributed by atoms with van der Waals surface area (Å²) in [6, 6.07) is 7.62. The number of nitrogens with one attached hydrogen (secondary N) is 1. The van der Waals surface area contributed by atoms with Crippen LogP contribution in [0.5, 0.6) is 0 Å². The van der Waals surface area contributed by atoms with Crippen molar-refractivity contribution in [1.29, 1.82) is 0 Å². The molecule has 0 aliphatic carbocycles. The van der Waals surface area contributed by atoms with Gasteiger partial charge in [0.05, 0.1) is 6.42 Å². The second-order valence-corrected chi connectivity index (χ2v) is 5.90. The molecule has 1 aromatic carbocycles. The summed E-state index contributed by atoms with van der Waals surface area (Å²) in [4.78, 5) is 23.6. The van der Waals surface area contributed by atoms with Crippen molar-refractivity contribution < 1.29 is 14.3 Å². The lowest BCUT2D eigenvalue weighted by molar-refractivity contribution is -0.123. The zero-order valence-electron chi connectivity index (χ0n) is 13.0. The molecule has 0 unspecified atom stereocenters. The average Bonchev–Trinajstić information content (AvgIpc) is 2.49. The van der Waals surface area contributed by atoms with E-state index in [2.05, 4.69) is 5.32 Å². The maximum Gasteiger partial charge on any atom is 0.224 e. The van der Waals surface area contributed by atoms with Crippen molar-refractivity contribution in [3.05, 3.63) is 35.4 Å². The fourth-order valence-corrected chi connectivity index (χ4v) is 2.91. The standard InChI is InChI=1S/C17H24N2O3/c1-12-4-2-3-5-14(12)10-17(21)19-15(11-16(18)20)13-6-8-22-9-7-13/h2-5,13,15H,6-11H2,1H3,(H2,18,20)(H,19,21)/t15-/m1/s1. The Balaban J connectivity index is 1.98. The van der Waals surface area contributed by atoms with Crippen LogP contribution in [-0.2, 0) is 20.7 Å². The number of ether oxygens (including phenoxy) is 1. The van der Waals surface area contributed by atoms with Gasteiger partial charge in [0.1, 0.15) is 0 Å². The summed E-state index contributed by atoms with van der Waals surface area (Å²) in [5.41, 5.74) is 7.43. The van der Waals surface area contributed by atoms with Crippen LogP contribution in [0.2, 0.25) is 0 Å². The number of benzene rings is 1. The first-order valence-electron chi connectivity index (χ1n) is 7.76. The SMILES string of the molecule is Cc1ccccc1CC(=O)N[C@H](CC(N)=O)C1CCOCC1. The summed E-state index contributed by atoms with van der Waals surface area (Å²) in [7, 11) is 0. The molecule has 1 heterocycles. The van der Waals surface area contributed by atoms with Gasteiger partial charge in [-0.3, -0.25) is 9.59 Å². The smallest absolute Gasteiger partial charge is 0.224 e. The number of rotatable bonds is 6. The number of primary amides is 1. The van der Waals surface area contributed by atoms with Crippen molar-refractivity contribution >= 4 is 11.8 Å². The molecule has 22 heavy (non-hydrogen) atoms. The zero-order valence-corrected chi connectivity index (χ0v) is 13.0. The van der Waals surface area contributed by atoms with Gasteiger partial charge in [0.2, 0.25) is 11.8 Å². The predicted molar refractivity (Wildman–Crippen MR) is 84.2 cm³/mol. The van der Waals surface area contributed by atoms with Gasteiger partial charge in [0.15, 0.2) is 0 Å². The van der Waals surface area contributed by atoms with Gasteiger partial charge in [0.25, 0.3) is 0 Å². The molecule has 1 aromatic rings. The second-order valence-electron chi connectivity index (χ2n) is 5.90. The monoisotopic (exact) mass is 304 g/mol. The largest absolute Gasteiger partial charge is 0.381 e. The third-order valence-corrected chi connectivity index (χ3v) is 4.21. The molecule has 2 amide bonds. The van der Waals surface area contributed by atoms with Crippen molar-refractivity contribution in [1.82, 2.24) is 5.32 Å². The van der Waals surface area contributed by atoms with Crippen molar-refractivity contribution in [2.24, 2.45) is 11.7 Å². The van der Waals surface area contributed by atoms with Gasteiger partial charge in [-0.05, 0) is 36.8 Å². The molecule has 5 heteroatoms. The Kier molecular flexibility index (Phi) is 5.95. The number of hydrogen-bond donors (Lipinski definition) is 2. The average molecular weight is 304 g/mol. The Bertz CT molecular complexity index is 524. The molecule has 120 valence electrons. The summed E-state index contributed by atoms with van der Waals surface area (Å²) < 4.78 is 5.34. The Morgan fingerprint density at radius 2 is 2.00 bits per heavy atom. The third kappa shape index (κ3) is 4.84. The van der Waals surface area contributed by atoms with Crippen LogP contribution in [0.4, 0.5) is 0 Å². The van der Waals surface area contributed by atoms with E-state index in [9.17, 15) is 9.59 Å². The quantitative estimate of drug-likeness (QED) is 0.832. The summed E-state index contributed by atoms with van der Waals surface area (Å²) in [6.45, 7) is 3.34. The minimum Gasteiger partial charge on any atom is -0.381 e. The lowest BCUT2D eigenvalue weighted by atomic mass is 9.89. The minimum atomic E-state index is -0.382. The fourth-order valence-electron chi connectivity index (χ4n) is 2.91. The van der Waals surface area contributed by atoms with Gasteiger partial charge in [-0.1, -0.05) is 24.3 Å². The molecule has 1 aliphatic rings. The normalized spacial score (nSPS) is 17.0. The molecule has 1 saturated heterocycles. The first kappa shape index (κ1) is 16.5. The number of carbonyl (C=O) groups excluding carboxylic acids is 2. The van der Waals surface area contributed by atoms with E-state index in [0.29, 0.717) is 19.6 Å². The lowest BCUT2D eigenvalue weighted by Gasteiger charge is -2.30. The number of hydrogen-bond acceptors (Lipinski definition) is 3. The zero-order chi connectivity index (χ0) is 15.9. The minimum absolute atomic E-state index is 0.0629. The molecule has 0 saturated carbocycles. The van der Waals surface area contributed by atoms with Gasteiger partial charge in [-0.25, -0.2) is 0 Å². The first-order chi connectivity index (χ1) is 10.6. The predicted octanol–water partition coefficient (Wildman–Crippen LogP) is 1.32. The molecule has 0 aromatic heterocycles. The third-order valence-electron chi connectivity index (χ3n) is 4.21. The van der Waals surface area contributed by atoms with E-state index >= 15 is 0 Å². The topological polar surface area (TPSA) is 81.4 Å². The highest BCUT2D eigenvalue weighted by Crippen LogP contribution is 2.21. The molecule has 0 spiro atoms. The molecular weight excluding hydrogens is 280 g/mol. The van der Waals surface area contributed by atoms with Crippen molar-refractivity contribution in [2.75, 3.05) is 13.2 Å². The van der Waals surface area contributed by atoms with Gasteiger partial charge < -0.3 is 15.8 Å². The van der Waals surface area contributed by atoms with E-state index in [-0.39, 0.29) is 30.2 Å². The maximum absolute atomic E-state index is 12.3. The van der Waals surface area contributed by atoms with Gasteiger partial charge in [0, 0.05) is 25.7 Å². The van der Waals surface area contributed by atoms with E-state index in [4.69, 9.17) is 10.5 Å². The van der Waals surface area contributed by atoms with Crippen LogP contribution in [0.1, 0.15) is 30.4 Å². The second kappa shape index (κ2) is 7.94. The Morgan fingerprint density at radius 1 is 1.32 bits per heavy atom. The lowest BCUT2D eigenvalue weighted by Crippen LogP contribution is -2.45. The Labute approximate surface area is 131 Å². The Hall–Kier alpha value is -1.88. The molecule has 1 atom stereocenters. The summed E-state index contributed by atoms with van der Waals surface area (Å²) in [6.07, 6.45) is 2.21. The number of amides is 2. The van der Waals surface area contributed by atoms with Gasteiger partial charge >= 0.3 is 0 Å². The molecule has 2 rings (SSSR count). The number of nitrogens with two attached hydrogens (primary N) is 1. The van der Waals surface area contributed by atoms with Gasteiger partial charge in [-0.2, -0.15) is 0 Å². The van der Waals surface area contributed by atoms with E-state index in [0.717, 1.165) is 24.0 Å². The van der Waals surface area contributed by atoms with Crippen LogP contribution < -0.4 is 11.1 Å². The van der Waals surface area contributed by atoms with Gasteiger partial charge in [-0.15, -0.1) is 0 Å². The Morgan fingerprint density at radius 3 is 2.64 bits per heavy atom. The highest BCUT2D eigenvalue weighted by molar-refractivity contribution is 5.80. The highest BCUT2D eigenvalue weighted by Gasteiger charge is 2.26. The van der Waals surface area contributed by atoms with E-state index in [1.54, 1.807) is 0 Å². The van der Waals surface area contributed by atoms with Crippen LogP contribution in [0.15, 0.2) is 24.3 Å². The fraction of sp³-hybridized carbons (Fsp3) is 0.529. The van der Waals surface area contributed by atoms with Crippen molar-refractivity contribution in [3.8, 4) is 0 Å². The van der Waals surface area contributed by atoms with Crippen LogP contribution in [-0.4, -0.2) is 31.1 Å². The molecule has 1 aliphatic heterocycles. The highest BCUT2D eigenvalue weighted by atomic mass is 16.5. The maximum atomic E-state index is 12.3. The molecule has 0 radical (unpaired) electrons. The van der Waals surface area contributed by atoms with Crippen LogP contribution >= 0.6 is 0 Å². The van der Waals surface area contributed by atoms with E-state index in [1.165, 1.54) is 0 Å². The number of aryl methyl sites for hydroxylation is 1. The molecule has 0 bridgehead atoms. The number of carbonyl (C=O) groups is 2.